The molecular weight excluding hydrogens is 517 g/mol. The molecule has 0 aliphatic carbocycles. The van der Waals surface area contributed by atoms with E-state index in [0.29, 0.717) is 12.2 Å². The fourth-order valence-electron chi connectivity index (χ4n) is 1.46. The zero-order valence-electron chi connectivity index (χ0n) is 6.83. The van der Waals surface area contributed by atoms with Gasteiger partial charge in [0.05, 0.1) is 0 Å². The van der Waals surface area contributed by atoms with Crippen molar-refractivity contribution in [3.8, 4) is 0 Å². The third-order valence-corrected chi connectivity index (χ3v) is 7.11. The molecule has 11 heavy (non-hydrogen) atoms. The molecule has 0 amide bonds. The van der Waals surface area contributed by atoms with Crippen LogP contribution in [0, 0.1) is 0 Å². The standard InChI is InChI=1S/C7H12O2.2Hg/c1-5-3-7(8)4-6(2)9-5;;/h5-8H,1-4H2;;. The Labute approximate surface area is 100 Å². The van der Waals surface area contributed by atoms with Crippen LogP contribution in [0.1, 0.15) is 12.8 Å². The summed E-state index contributed by atoms with van der Waals surface area (Å²) in [4.78, 5) is 0. The van der Waals surface area contributed by atoms with Gasteiger partial charge >= 0.3 is 101 Å². The topological polar surface area (TPSA) is 29.5 Å². The summed E-state index contributed by atoms with van der Waals surface area (Å²) in [5, 5.41) is 9.48. The van der Waals surface area contributed by atoms with E-state index in [0.717, 1.165) is 65.1 Å². The monoisotopic (exact) mass is 532 g/mol. The Bertz CT molecular complexity index is 109. The van der Waals surface area contributed by atoms with Crippen molar-refractivity contribution in [2.45, 2.75) is 39.0 Å². The van der Waals surface area contributed by atoms with E-state index in [1.54, 1.807) is 0 Å². The van der Waals surface area contributed by atoms with Gasteiger partial charge in [0.2, 0.25) is 0 Å². The van der Waals surface area contributed by atoms with Crippen LogP contribution in [-0.4, -0.2) is 23.4 Å². The molecule has 0 aromatic heterocycles. The fraction of sp³-hybridized carbons (Fsp3) is 1.00. The van der Waals surface area contributed by atoms with E-state index in [4.69, 9.17) is 4.74 Å². The van der Waals surface area contributed by atoms with Gasteiger partial charge in [-0.05, 0) is 0 Å². The predicted molar refractivity (Wildman–Crippen MR) is 33.5 cm³/mol. The molecular formula is C7H12Hg2O2. The second-order valence-corrected chi connectivity index (χ2v) is 7.57. The van der Waals surface area contributed by atoms with Crippen LogP contribution in [0.5, 0.6) is 0 Å². The van der Waals surface area contributed by atoms with Crippen LogP contribution >= 0.6 is 0 Å². The van der Waals surface area contributed by atoms with E-state index in [2.05, 4.69) is 0 Å². The molecule has 0 radical (unpaired) electrons. The molecule has 2 nitrogen and oxygen atoms in total. The minimum absolute atomic E-state index is 0.0640. The quantitative estimate of drug-likeness (QED) is 0.538. The van der Waals surface area contributed by atoms with Gasteiger partial charge in [0.25, 0.3) is 0 Å². The van der Waals surface area contributed by atoms with Crippen molar-refractivity contribution in [1.29, 1.82) is 0 Å². The zero-order chi connectivity index (χ0) is 8.27. The number of aliphatic hydroxyl groups is 1. The van der Waals surface area contributed by atoms with E-state index < -0.39 is 0 Å². The van der Waals surface area contributed by atoms with Crippen LogP contribution in [0.25, 0.3) is 0 Å². The van der Waals surface area contributed by atoms with Crippen LogP contribution < -0.4 is 0 Å². The summed E-state index contributed by atoms with van der Waals surface area (Å²) in [6.45, 7) is 0. The summed E-state index contributed by atoms with van der Waals surface area (Å²) < 4.78 is 8.27. The van der Waals surface area contributed by atoms with E-state index in [1.165, 1.54) is 7.86 Å². The molecule has 56 valence electrons. The second kappa shape index (κ2) is 5.51. The molecule has 1 fully saturated rings. The molecule has 0 aromatic rings. The molecule has 2 unspecified atom stereocenters. The van der Waals surface area contributed by atoms with E-state index in [1.807, 2.05) is 0 Å². The van der Waals surface area contributed by atoms with Gasteiger partial charge in [-0.2, -0.15) is 0 Å². The molecule has 1 heterocycles. The summed E-state index contributed by atoms with van der Waals surface area (Å²) in [6.07, 6.45) is 2.55. The van der Waals surface area contributed by atoms with Gasteiger partial charge in [-0.25, -0.2) is 0 Å². The van der Waals surface area contributed by atoms with Crippen molar-refractivity contribution in [2.75, 3.05) is 0 Å². The first kappa shape index (κ1) is 10.9. The Hall–Kier alpha value is 1.79. The molecule has 2 atom stereocenters. The van der Waals surface area contributed by atoms with Crippen molar-refractivity contribution in [1.82, 2.24) is 0 Å². The molecule has 0 spiro atoms. The van der Waals surface area contributed by atoms with Crippen molar-refractivity contribution in [2.24, 2.45) is 0 Å². The molecule has 0 bridgehead atoms. The van der Waals surface area contributed by atoms with Gasteiger partial charge in [-0.1, -0.05) is 0 Å². The molecule has 1 rings (SSSR count). The van der Waals surface area contributed by atoms with Crippen molar-refractivity contribution >= 4 is 0 Å². The maximum absolute atomic E-state index is 9.48. The number of hydrogen-bond acceptors (Lipinski definition) is 2. The molecule has 0 aromatic carbocycles. The summed E-state index contributed by atoms with van der Waals surface area (Å²) in [7, 11) is 0. The van der Waals surface area contributed by atoms with Crippen LogP contribution in [0.15, 0.2) is 0 Å². The number of ether oxygens (including phenoxy) is 1. The normalized spacial score (nSPS) is 39.2. The fourth-order valence-corrected chi connectivity index (χ4v) is 4.35. The van der Waals surface area contributed by atoms with Gasteiger partial charge in [0, 0.05) is 0 Å². The first-order valence-corrected chi connectivity index (χ1v) is 12.0. The predicted octanol–water partition coefficient (Wildman–Crippen LogP) is 0.825. The summed E-state index contributed by atoms with van der Waals surface area (Å²) in [6, 6.07) is 0. The maximum atomic E-state index is 9.48. The Morgan fingerprint density at radius 3 is 2.00 bits per heavy atom. The van der Waals surface area contributed by atoms with Gasteiger partial charge in [0.1, 0.15) is 0 Å². The van der Waals surface area contributed by atoms with Crippen molar-refractivity contribution in [3.63, 3.8) is 0 Å². The van der Waals surface area contributed by atoms with Crippen molar-refractivity contribution in [3.05, 3.63) is 0 Å². The Kier molecular flexibility index (Phi) is 5.44. The summed E-state index contributed by atoms with van der Waals surface area (Å²) in [5.41, 5.74) is 0. The van der Waals surface area contributed by atoms with Crippen LogP contribution in [0.2, 0.25) is 7.86 Å². The van der Waals surface area contributed by atoms with Crippen LogP contribution in [-0.2, 0) is 57.0 Å². The Balaban J connectivity index is 2.37. The third-order valence-electron chi connectivity index (χ3n) is 2.10. The van der Waals surface area contributed by atoms with E-state index in [-0.39, 0.29) is 6.10 Å². The van der Waals surface area contributed by atoms with Crippen LogP contribution in [0.3, 0.4) is 0 Å². The van der Waals surface area contributed by atoms with Gasteiger partial charge < -0.3 is 0 Å². The van der Waals surface area contributed by atoms with Gasteiger partial charge in [0.15, 0.2) is 0 Å². The number of rotatable bonds is 2. The number of aliphatic hydroxyl groups excluding tert-OH is 1. The average Bonchev–Trinajstić information content (AvgIpc) is 2.03. The molecule has 4 heteroatoms. The van der Waals surface area contributed by atoms with Gasteiger partial charge in [-0.15, -0.1) is 0 Å². The third kappa shape index (κ3) is 3.57. The summed E-state index contributed by atoms with van der Waals surface area (Å²) >= 11 is 1.65. The number of hydrogen-bond donors (Lipinski definition) is 1. The first-order chi connectivity index (χ1) is 5.26. The van der Waals surface area contributed by atoms with Gasteiger partial charge in [-0.3, -0.25) is 0 Å². The van der Waals surface area contributed by atoms with Crippen LogP contribution in [0.4, 0.5) is 0 Å². The van der Waals surface area contributed by atoms with E-state index in [9.17, 15) is 5.11 Å². The Morgan fingerprint density at radius 2 is 1.64 bits per heavy atom. The average molecular weight is 529 g/mol. The SMILES string of the molecule is OC1CC([CH2][Hg])OC([CH2][Hg])C1. The molecule has 1 aliphatic heterocycles. The molecule has 1 saturated heterocycles. The minimum atomic E-state index is -0.0640. The zero-order valence-corrected chi connectivity index (χ0v) is 17.8. The summed E-state index contributed by atoms with van der Waals surface area (Å²) in [5.74, 6) is 0. The molecule has 1 N–H and O–H groups in total. The Morgan fingerprint density at radius 1 is 1.18 bits per heavy atom. The second-order valence-electron chi connectivity index (χ2n) is 3.08. The van der Waals surface area contributed by atoms with E-state index >= 15 is 0 Å². The van der Waals surface area contributed by atoms with Crippen molar-refractivity contribution < 1.29 is 62.1 Å². The first-order valence-electron chi connectivity index (χ1n) is 4.18. The molecule has 1 aliphatic rings. The molecule has 0 saturated carbocycles.